The van der Waals surface area contributed by atoms with E-state index in [1.807, 2.05) is 30.3 Å². The van der Waals surface area contributed by atoms with E-state index in [9.17, 15) is 4.79 Å². The van der Waals surface area contributed by atoms with Gasteiger partial charge in [0.1, 0.15) is 6.04 Å². The van der Waals surface area contributed by atoms with Crippen LogP contribution >= 0.6 is 0 Å². The summed E-state index contributed by atoms with van der Waals surface area (Å²) in [6, 6.07) is 8.72. The molecule has 0 aliphatic carbocycles. The van der Waals surface area contributed by atoms with E-state index in [2.05, 4.69) is 10.9 Å². The number of hydrazine groups is 1. The lowest BCUT2D eigenvalue weighted by molar-refractivity contribution is -0.138. The van der Waals surface area contributed by atoms with Crippen LogP contribution in [0.5, 0.6) is 0 Å². The Morgan fingerprint density at radius 1 is 1.38 bits per heavy atom. The Bertz CT molecular complexity index is 274. The van der Waals surface area contributed by atoms with Gasteiger partial charge in [-0.3, -0.25) is 4.79 Å². The molecule has 0 heterocycles. The van der Waals surface area contributed by atoms with Crippen LogP contribution in [0.3, 0.4) is 0 Å². The molecule has 0 spiro atoms. The number of carbonyl (C=O) groups is 1. The lowest BCUT2D eigenvalue weighted by Gasteiger charge is -2.11. The molecule has 1 aromatic rings. The SMILES string of the molecule is C[C@H](NNc1ccccc1)C(=O)O. The molecule has 0 amide bonds. The smallest absolute Gasteiger partial charge is 0.322 e. The third-order valence-corrected chi connectivity index (χ3v) is 1.58. The van der Waals surface area contributed by atoms with E-state index in [1.54, 1.807) is 6.92 Å². The number of carboxylic acid groups (broad SMARTS) is 1. The first-order chi connectivity index (χ1) is 6.20. The van der Waals surface area contributed by atoms with Crippen molar-refractivity contribution in [3.8, 4) is 0 Å². The summed E-state index contributed by atoms with van der Waals surface area (Å²) in [5.74, 6) is -0.886. The number of aliphatic carboxylic acids is 1. The number of nitrogens with one attached hydrogen (secondary N) is 2. The van der Waals surface area contributed by atoms with Crippen LogP contribution in [-0.2, 0) is 4.79 Å². The largest absolute Gasteiger partial charge is 0.480 e. The maximum absolute atomic E-state index is 10.4. The van der Waals surface area contributed by atoms with E-state index in [4.69, 9.17) is 5.11 Å². The minimum atomic E-state index is -0.886. The summed E-state index contributed by atoms with van der Waals surface area (Å²) in [5.41, 5.74) is 6.29. The fraction of sp³-hybridized carbons (Fsp3) is 0.222. The van der Waals surface area contributed by atoms with Crippen LogP contribution in [0, 0.1) is 0 Å². The molecule has 1 aromatic carbocycles. The van der Waals surface area contributed by atoms with Crippen LogP contribution in [0.4, 0.5) is 5.69 Å². The summed E-state index contributed by atoms with van der Waals surface area (Å²) in [6.07, 6.45) is 0. The van der Waals surface area contributed by atoms with Crippen molar-refractivity contribution in [1.82, 2.24) is 5.43 Å². The molecule has 0 aliphatic heterocycles. The van der Waals surface area contributed by atoms with Crippen LogP contribution in [0.1, 0.15) is 6.92 Å². The van der Waals surface area contributed by atoms with E-state index in [0.717, 1.165) is 5.69 Å². The van der Waals surface area contributed by atoms with Gasteiger partial charge < -0.3 is 10.5 Å². The molecule has 70 valence electrons. The first-order valence-corrected chi connectivity index (χ1v) is 3.99. The van der Waals surface area contributed by atoms with Crippen LogP contribution in [0.25, 0.3) is 0 Å². The molecule has 1 rings (SSSR count). The predicted octanol–water partition coefficient (Wildman–Crippen LogP) is 1.08. The van der Waals surface area contributed by atoms with Gasteiger partial charge in [-0.1, -0.05) is 18.2 Å². The van der Waals surface area contributed by atoms with Gasteiger partial charge in [0.25, 0.3) is 0 Å². The Hall–Kier alpha value is -1.55. The number of carboxylic acids is 1. The Kier molecular flexibility index (Phi) is 3.28. The van der Waals surface area contributed by atoms with Crippen LogP contribution in [-0.4, -0.2) is 17.1 Å². The normalized spacial score (nSPS) is 12.1. The van der Waals surface area contributed by atoms with Crippen molar-refractivity contribution in [3.05, 3.63) is 30.3 Å². The molecule has 0 radical (unpaired) electrons. The summed E-state index contributed by atoms with van der Waals surface area (Å²) in [6.45, 7) is 1.57. The molecule has 0 aliphatic rings. The van der Waals surface area contributed by atoms with E-state index in [-0.39, 0.29) is 0 Å². The van der Waals surface area contributed by atoms with E-state index >= 15 is 0 Å². The zero-order valence-corrected chi connectivity index (χ0v) is 7.32. The molecule has 4 nitrogen and oxygen atoms in total. The number of benzene rings is 1. The monoisotopic (exact) mass is 180 g/mol. The maximum atomic E-state index is 10.4. The van der Waals surface area contributed by atoms with Gasteiger partial charge in [0.05, 0.1) is 0 Å². The second-order valence-electron chi connectivity index (χ2n) is 2.70. The molecule has 0 saturated carbocycles. The van der Waals surface area contributed by atoms with Crippen molar-refractivity contribution in [1.29, 1.82) is 0 Å². The summed E-state index contributed by atoms with van der Waals surface area (Å²) in [4.78, 5) is 10.4. The predicted molar refractivity (Wildman–Crippen MR) is 50.3 cm³/mol. The third-order valence-electron chi connectivity index (χ3n) is 1.58. The van der Waals surface area contributed by atoms with Gasteiger partial charge in [-0.25, -0.2) is 5.43 Å². The first kappa shape index (κ1) is 9.54. The van der Waals surface area contributed by atoms with Crippen LogP contribution in [0.15, 0.2) is 30.3 Å². The highest BCUT2D eigenvalue weighted by molar-refractivity contribution is 5.73. The average Bonchev–Trinajstić information content (AvgIpc) is 2.15. The van der Waals surface area contributed by atoms with Crippen molar-refractivity contribution < 1.29 is 9.90 Å². The van der Waals surface area contributed by atoms with Crippen molar-refractivity contribution in [3.63, 3.8) is 0 Å². The molecule has 0 aromatic heterocycles. The molecule has 0 fully saturated rings. The van der Waals surface area contributed by atoms with E-state index < -0.39 is 12.0 Å². The summed E-state index contributed by atoms with van der Waals surface area (Å²) < 4.78 is 0. The van der Waals surface area contributed by atoms with Gasteiger partial charge in [-0.15, -0.1) is 0 Å². The van der Waals surface area contributed by atoms with Gasteiger partial charge in [-0.2, -0.15) is 0 Å². The molecule has 0 unspecified atom stereocenters. The van der Waals surface area contributed by atoms with Gasteiger partial charge in [0.2, 0.25) is 0 Å². The van der Waals surface area contributed by atoms with Crippen LogP contribution < -0.4 is 10.9 Å². The second-order valence-corrected chi connectivity index (χ2v) is 2.70. The molecule has 1 atom stereocenters. The maximum Gasteiger partial charge on any atom is 0.322 e. The number of para-hydroxylation sites is 1. The molecular formula is C9H12N2O2. The number of anilines is 1. The Labute approximate surface area is 76.6 Å². The summed E-state index contributed by atoms with van der Waals surface area (Å²) in [5, 5.41) is 8.56. The Morgan fingerprint density at radius 2 is 2.00 bits per heavy atom. The Morgan fingerprint density at radius 3 is 2.54 bits per heavy atom. The summed E-state index contributed by atoms with van der Waals surface area (Å²) in [7, 11) is 0. The minimum absolute atomic E-state index is 0.611. The lowest BCUT2D eigenvalue weighted by Crippen LogP contribution is -2.37. The van der Waals surface area contributed by atoms with Gasteiger partial charge in [0, 0.05) is 5.69 Å². The topological polar surface area (TPSA) is 61.4 Å². The standard InChI is InChI=1S/C9H12N2O2/c1-7(9(12)13)10-11-8-5-3-2-4-6-8/h2-7,10-11H,1H3,(H,12,13)/t7-/m0/s1. The highest BCUT2D eigenvalue weighted by Crippen LogP contribution is 2.02. The molecule has 13 heavy (non-hydrogen) atoms. The van der Waals surface area contributed by atoms with Gasteiger partial charge in [0.15, 0.2) is 0 Å². The average molecular weight is 180 g/mol. The molecule has 4 heteroatoms. The molecule has 0 bridgehead atoms. The van der Waals surface area contributed by atoms with Crippen molar-refractivity contribution >= 4 is 11.7 Å². The van der Waals surface area contributed by atoms with Crippen molar-refractivity contribution in [2.75, 3.05) is 5.43 Å². The zero-order valence-electron chi connectivity index (χ0n) is 7.32. The quantitative estimate of drug-likeness (QED) is 0.607. The molecule has 3 N–H and O–H groups in total. The fourth-order valence-corrected chi connectivity index (χ4v) is 0.775. The zero-order chi connectivity index (χ0) is 9.68. The van der Waals surface area contributed by atoms with Crippen LogP contribution in [0.2, 0.25) is 0 Å². The highest BCUT2D eigenvalue weighted by Gasteiger charge is 2.08. The van der Waals surface area contributed by atoms with Crippen molar-refractivity contribution in [2.45, 2.75) is 13.0 Å². The van der Waals surface area contributed by atoms with E-state index in [1.165, 1.54) is 0 Å². The lowest BCUT2D eigenvalue weighted by atomic mass is 10.3. The summed E-state index contributed by atoms with van der Waals surface area (Å²) >= 11 is 0. The highest BCUT2D eigenvalue weighted by atomic mass is 16.4. The first-order valence-electron chi connectivity index (χ1n) is 3.99. The second kappa shape index (κ2) is 4.47. The number of rotatable bonds is 4. The Balaban J connectivity index is 2.39. The third kappa shape index (κ3) is 3.13. The number of hydrogen-bond acceptors (Lipinski definition) is 3. The minimum Gasteiger partial charge on any atom is -0.480 e. The van der Waals surface area contributed by atoms with Gasteiger partial charge in [-0.05, 0) is 19.1 Å². The molecular weight excluding hydrogens is 168 g/mol. The van der Waals surface area contributed by atoms with E-state index in [0.29, 0.717) is 0 Å². The number of hydrogen-bond donors (Lipinski definition) is 3. The fourth-order valence-electron chi connectivity index (χ4n) is 0.775. The van der Waals surface area contributed by atoms with Crippen molar-refractivity contribution in [2.24, 2.45) is 0 Å². The molecule has 0 saturated heterocycles. The van der Waals surface area contributed by atoms with Gasteiger partial charge >= 0.3 is 5.97 Å².